The molecule has 1 aromatic carbocycles. The molecule has 1 aliphatic rings. The van der Waals surface area contributed by atoms with Crippen molar-refractivity contribution < 1.29 is 9.26 Å². The first-order valence-electron chi connectivity index (χ1n) is 9.80. The quantitative estimate of drug-likeness (QED) is 0.418. The summed E-state index contributed by atoms with van der Waals surface area (Å²) in [5, 5.41) is 10.4. The van der Waals surface area contributed by atoms with Crippen LogP contribution in [0.4, 0.5) is 0 Å². The molecule has 6 nitrogen and oxygen atoms in total. The van der Waals surface area contributed by atoms with E-state index >= 15 is 0 Å². The van der Waals surface area contributed by atoms with Gasteiger partial charge in [0.25, 0.3) is 5.89 Å². The largest absolute Gasteiger partial charge is 0.385 e. The second-order valence-electron chi connectivity index (χ2n) is 7.19. The van der Waals surface area contributed by atoms with Crippen LogP contribution in [0.15, 0.2) is 52.0 Å². The number of nitrogens with one attached hydrogen (secondary N) is 1. The molecule has 0 saturated heterocycles. The van der Waals surface area contributed by atoms with Crippen LogP contribution in [-0.2, 0) is 4.74 Å². The van der Waals surface area contributed by atoms with Crippen LogP contribution in [0, 0.1) is 6.92 Å². The van der Waals surface area contributed by atoms with Crippen LogP contribution in [0.3, 0.4) is 0 Å². The van der Waals surface area contributed by atoms with Crippen LogP contribution >= 0.6 is 23.6 Å². The molecule has 0 fully saturated rings. The van der Waals surface area contributed by atoms with Gasteiger partial charge in [-0.2, -0.15) is 4.98 Å². The zero-order chi connectivity index (χ0) is 21.1. The van der Waals surface area contributed by atoms with Crippen LogP contribution < -0.4 is 5.32 Å². The van der Waals surface area contributed by atoms with Gasteiger partial charge in [-0.15, -0.1) is 11.3 Å². The summed E-state index contributed by atoms with van der Waals surface area (Å²) >= 11 is 7.29. The Kier molecular flexibility index (Phi) is 6.26. The molecule has 0 amide bonds. The molecular weight excluding hydrogens is 416 g/mol. The van der Waals surface area contributed by atoms with Crippen molar-refractivity contribution in [3.05, 3.63) is 64.5 Å². The number of ether oxygens (including phenoxy) is 1. The third-order valence-corrected chi connectivity index (χ3v) is 6.34. The van der Waals surface area contributed by atoms with Gasteiger partial charge >= 0.3 is 0 Å². The molecule has 3 heterocycles. The average molecular weight is 441 g/mol. The summed E-state index contributed by atoms with van der Waals surface area (Å²) in [5.74, 6) is 1.11. The van der Waals surface area contributed by atoms with Gasteiger partial charge in [-0.05, 0) is 49.5 Å². The van der Waals surface area contributed by atoms with E-state index in [-0.39, 0.29) is 6.04 Å². The molecule has 8 heteroatoms. The Labute approximate surface area is 185 Å². The number of aromatic nitrogens is 2. The molecule has 30 heavy (non-hydrogen) atoms. The summed E-state index contributed by atoms with van der Waals surface area (Å²) in [4.78, 5) is 7.78. The van der Waals surface area contributed by atoms with E-state index in [2.05, 4.69) is 53.5 Å². The number of aryl methyl sites for hydroxylation is 1. The molecule has 4 rings (SSSR count). The second kappa shape index (κ2) is 9.07. The Morgan fingerprint density at radius 1 is 1.23 bits per heavy atom. The zero-order valence-corrected chi connectivity index (χ0v) is 18.8. The molecule has 156 valence electrons. The number of nitrogens with zero attached hydrogens (tertiary/aromatic N) is 3. The molecule has 0 bridgehead atoms. The lowest BCUT2D eigenvalue weighted by Crippen LogP contribution is -2.46. The number of allylic oxidation sites excluding steroid dienone is 1. The van der Waals surface area contributed by atoms with E-state index in [1.165, 1.54) is 5.56 Å². The maximum absolute atomic E-state index is 5.74. The SMILES string of the molecule is COCCCN1C(=S)NC(c2ccc(C)cc2)C(c2nc(-c3cccs3)no2)=C1C. The number of rotatable bonds is 7. The Hall–Kier alpha value is -2.55. The van der Waals surface area contributed by atoms with Crippen molar-refractivity contribution in [2.24, 2.45) is 0 Å². The number of benzene rings is 1. The molecule has 1 N–H and O–H groups in total. The normalized spacial score (nSPS) is 16.8. The number of methoxy groups -OCH3 is 1. The number of thiophene rings is 1. The highest BCUT2D eigenvalue weighted by atomic mass is 32.1. The fraction of sp³-hybridized carbons (Fsp3) is 0.318. The maximum Gasteiger partial charge on any atom is 0.258 e. The van der Waals surface area contributed by atoms with Gasteiger partial charge in [-0.25, -0.2) is 0 Å². The standard InChI is InChI=1S/C22H24N4O2S2/c1-14-7-9-16(10-8-14)19-18(15(2)26(22(29)23-19)11-5-12-27-3)21-24-20(25-28-21)17-6-4-13-30-17/h4,6-10,13,19H,5,11-12H2,1-3H3,(H,23,29). The van der Waals surface area contributed by atoms with Crippen molar-refractivity contribution in [3.63, 3.8) is 0 Å². The van der Waals surface area contributed by atoms with E-state index in [4.69, 9.17) is 26.5 Å². The van der Waals surface area contributed by atoms with Crippen molar-refractivity contribution in [2.45, 2.75) is 26.3 Å². The lowest BCUT2D eigenvalue weighted by molar-refractivity contribution is 0.188. The van der Waals surface area contributed by atoms with Crippen LogP contribution in [0.25, 0.3) is 16.3 Å². The molecular formula is C22H24N4O2S2. The van der Waals surface area contributed by atoms with Crippen molar-refractivity contribution in [1.29, 1.82) is 0 Å². The molecule has 1 aliphatic heterocycles. The van der Waals surface area contributed by atoms with Crippen molar-refractivity contribution in [3.8, 4) is 10.7 Å². The van der Waals surface area contributed by atoms with E-state index in [1.54, 1.807) is 18.4 Å². The molecule has 1 unspecified atom stereocenters. The third-order valence-electron chi connectivity index (χ3n) is 5.14. The summed E-state index contributed by atoms with van der Waals surface area (Å²) in [6, 6.07) is 12.2. The van der Waals surface area contributed by atoms with Crippen molar-refractivity contribution >= 4 is 34.2 Å². The minimum Gasteiger partial charge on any atom is -0.385 e. The highest BCUT2D eigenvalue weighted by Crippen LogP contribution is 2.37. The van der Waals surface area contributed by atoms with Gasteiger partial charge in [0.05, 0.1) is 16.5 Å². The highest BCUT2D eigenvalue weighted by molar-refractivity contribution is 7.80. The van der Waals surface area contributed by atoms with Crippen LogP contribution in [-0.4, -0.2) is 40.4 Å². The first kappa shape index (κ1) is 20.7. The summed E-state index contributed by atoms with van der Waals surface area (Å²) in [5.41, 5.74) is 4.27. The van der Waals surface area contributed by atoms with E-state index in [9.17, 15) is 0 Å². The van der Waals surface area contributed by atoms with Crippen LogP contribution in [0.5, 0.6) is 0 Å². The second-order valence-corrected chi connectivity index (χ2v) is 8.53. The highest BCUT2D eigenvalue weighted by Gasteiger charge is 2.33. The van der Waals surface area contributed by atoms with E-state index in [0.29, 0.717) is 23.4 Å². The fourth-order valence-electron chi connectivity index (χ4n) is 3.54. The van der Waals surface area contributed by atoms with E-state index in [1.807, 2.05) is 17.5 Å². The van der Waals surface area contributed by atoms with Gasteiger partial charge in [-0.3, -0.25) is 0 Å². The van der Waals surface area contributed by atoms with Crippen LogP contribution in [0.1, 0.15) is 36.4 Å². The van der Waals surface area contributed by atoms with Gasteiger partial charge < -0.3 is 19.5 Å². The van der Waals surface area contributed by atoms with Gasteiger partial charge in [0.2, 0.25) is 5.82 Å². The lowest BCUT2D eigenvalue weighted by atomic mass is 9.94. The summed E-state index contributed by atoms with van der Waals surface area (Å²) in [7, 11) is 1.71. The molecule has 0 radical (unpaired) electrons. The van der Waals surface area contributed by atoms with E-state index < -0.39 is 0 Å². The Morgan fingerprint density at radius 2 is 2.03 bits per heavy atom. The predicted octanol–water partition coefficient (Wildman–Crippen LogP) is 4.81. The molecule has 0 saturated carbocycles. The minimum absolute atomic E-state index is 0.159. The number of hydrogen-bond donors (Lipinski definition) is 1. The number of hydrogen-bond acceptors (Lipinski definition) is 6. The summed E-state index contributed by atoms with van der Waals surface area (Å²) in [6.07, 6.45) is 0.864. The molecule has 0 aliphatic carbocycles. The fourth-order valence-corrected chi connectivity index (χ4v) is 4.54. The first-order valence-corrected chi connectivity index (χ1v) is 11.1. The Bertz CT molecular complexity index is 1040. The summed E-state index contributed by atoms with van der Waals surface area (Å²) in [6.45, 7) is 5.56. The number of thiocarbonyl (C=S) groups is 1. The van der Waals surface area contributed by atoms with Gasteiger partial charge in [-0.1, -0.05) is 41.1 Å². The predicted molar refractivity (Wildman–Crippen MR) is 123 cm³/mol. The minimum atomic E-state index is -0.159. The Balaban J connectivity index is 1.76. The first-order chi connectivity index (χ1) is 14.6. The topological polar surface area (TPSA) is 63.4 Å². The molecule has 0 spiro atoms. The van der Waals surface area contributed by atoms with Crippen molar-refractivity contribution in [1.82, 2.24) is 20.4 Å². The monoisotopic (exact) mass is 440 g/mol. The molecule has 3 aromatic rings. The van der Waals surface area contributed by atoms with Gasteiger partial charge in [0.15, 0.2) is 5.11 Å². The lowest BCUT2D eigenvalue weighted by Gasteiger charge is -2.37. The van der Waals surface area contributed by atoms with Crippen LogP contribution in [0.2, 0.25) is 0 Å². The molecule has 2 aromatic heterocycles. The zero-order valence-electron chi connectivity index (χ0n) is 17.2. The molecule has 1 atom stereocenters. The maximum atomic E-state index is 5.74. The van der Waals surface area contributed by atoms with Gasteiger partial charge in [0.1, 0.15) is 0 Å². The van der Waals surface area contributed by atoms with Gasteiger partial charge in [0, 0.05) is 26.0 Å². The summed E-state index contributed by atoms with van der Waals surface area (Å²) < 4.78 is 11.0. The Morgan fingerprint density at radius 3 is 2.73 bits per heavy atom. The average Bonchev–Trinajstić information content (AvgIpc) is 3.42. The van der Waals surface area contributed by atoms with Crippen molar-refractivity contribution in [2.75, 3.05) is 20.3 Å². The third kappa shape index (κ3) is 4.16. The smallest absolute Gasteiger partial charge is 0.258 e. The van der Waals surface area contributed by atoms with E-state index in [0.717, 1.165) is 34.7 Å².